The number of carbonyl (C=O) groups excluding carboxylic acids is 1. The Morgan fingerprint density at radius 3 is 2.58 bits per heavy atom. The number of nitrogens with zero attached hydrogens (tertiary/aromatic N) is 1. The molecule has 1 aliphatic rings. The molecular formula is C14H26N2O3. The van der Waals surface area contributed by atoms with Crippen molar-refractivity contribution in [2.75, 3.05) is 6.54 Å². The number of carboxylic acids is 1. The predicted molar refractivity (Wildman–Crippen MR) is 74.0 cm³/mol. The van der Waals surface area contributed by atoms with E-state index in [1.807, 2.05) is 4.90 Å². The van der Waals surface area contributed by atoms with Crippen molar-refractivity contribution in [3.05, 3.63) is 0 Å². The molecule has 19 heavy (non-hydrogen) atoms. The van der Waals surface area contributed by atoms with Crippen molar-refractivity contribution in [2.24, 2.45) is 5.92 Å². The monoisotopic (exact) mass is 270 g/mol. The highest BCUT2D eigenvalue weighted by molar-refractivity contribution is 5.83. The van der Waals surface area contributed by atoms with Gasteiger partial charge in [-0.1, -0.05) is 27.2 Å². The van der Waals surface area contributed by atoms with Gasteiger partial charge in [0, 0.05) is 12.6 Å². The molecule has 5 heteroatoms. The van der Waals surface area contributed by atoms with E-state index in [4.69, 9.17) is 5.11 Å². The van der Waals surface area contributed by atoms with Crippen LogP contribution in [0.5, 0.6) is 0 Å². The fourth-order valence-corrected chi connectivity index (χ4v) is 2.63. The Morgan fingerprint density at radius 2 is 2.05 bits per heavy atom. The van der Waals surface area contributed by atoms with Gasteiger partial charge >= 0.3 is 12.0 Å². The van der Waals surface area contributed by atoms with E-state index in [2.05, 4.69) is 12.2 Å². The number of carboxylic acid groups (broad SMARTS) is 1. The molecule has 0 aromatic heterocycles. The molecule has 1 fully saturated rings. The van der Waals surface area contributed by atoms with Crippen molar-refractivity contribution in [2.45, 2.75) is 65.0 Å². The summed E-state index contributed by atoms with van der Waals surface area (Å²) < 4.78 is 0. The second kappa shape index (κ2) is 7.36. The maximum absolute atomic E-state index is 12.3. The van der Waals surface area contributed by atoms with Crippen LogP contribution in [0.4, 0.5) is 4.79 Å². The number of amides is 2. The molecule has 1 aliphatic heterocycles. The Balaban J connectivity index is 2.66. The van der Waals surface area contributed by atoms with Crippen LogP contribution in [0.3, 0.4) is 0 Å². The van der Waals surface area contributed by atoms with Crippen LogP contribution < -0.4 is 5.32 Å². The summed E-state index contributed by atoms with van der Waals surface area (Å²) in [5, 5.41) is 11.8. The minimum absolute atomic E-state index is 0.115. The van der Waals surface area contributed by atoms with E-state index in [1.54, 1.807) is 13.8 Å². The van der Waals surface area contributed by atoms with Crippen LogP contribution in [0.1, 0.15) is 52.9 Å². The lowest BCUT2D eigenvalue weighted by atomic mass is 9.98. The van der Waals surface area contributed by atoms with E-state index in [-0.39, 0.29) is 18.0 Å². The van der Waals surface area contributed by atoms with Crippen molar-refractivity contribution in [3.63, 3.8) is 0 Å². The third kappa shape index (κ3) is 4.40. The molecule has 2 amide bonds. The molecule has 0 aromatic carbocycles. The summed E-state index contributed by atoms with van der Waals surface area (Å²) in [6, 6.07) is -0.767. The van der Waals surface area contributed by atoms with Gasteiger partial charge in [0.15, 0.2) is 0 Å². The zero-order valence-electron chi connectivity index (χ0n) is 12.2. The minimum atomic E-state index is -0.965. The number of urea groups is 1. The Labute approximate surface area is 115 Å². The van der Waals surface area contributed by atoms with E-state index >= 15 is 0 Å². The van der Waals surface area contributed by atoms with Crippen molar-refractivity contribution in [1.82, 2.24) is 10.2 Å². The smallest absolute Gasteiger partial charge is 0.326 e. The highest BCUT2D eigenvalue weighted by Crippen LogP contribution is 2.21. The van der Waals surface area contributed by atoms with Crippen LogP contribution in [0.2, 0.25) is 0 Å². The van der Waals surface area contributed by atoms with Crippen molar-refractivity contribution in [3.8, 4) is 0 Å². The van der Waals surface area contributed by atoms with Gasteiger partial charge < -0.3 is 15.3 Å². The largest absolute Gasteiger partial charge is 0.480 e. The number of carbonyl (C=O) groups is 2. The molecule has 2 atom stereocenters. The number of aliphatic carboxylic acids is 1. The van der Waals surface area contributed by atoms with Crippen LogP contribution in [-0.2, 0) is 4.79 Å². The first-order valence-electron chi connectivity index (χ1n) is 7.27. The van der Waals surface area contributed by atoms with Crippen LogP contribution in [0, 0.1) is 5.92 Å². The number of hydrogen-bond donors (Lipinski definition) is 2. The highest BCUT2D eigenvalue weighted by Gasteiger charge is 2.30. The fraction of sp³-hybridized carbons (Fsp3) is 0.857. The summed E-state index contributed by atoms with van der Waals surface area (Å²) in [5.41, 5.74) is 0. The van der Waals surface area contributed by atoms with Gasteiger partial charge in [0.25, 0.3) is 0 Å². The van der Waals surface area contributed by atoms with Gasteiger partial charge in [-0.25, -0.2) is 9.59 Å². The first kappa shape index (κ1) is 15.8. The lowest BCUT2D eigenvalue weighted by molar-refractivity contribution is -0.140. The molecule has 1 unspecified atom stereocenters. The second-order valence-corrected chi connectivity index (χ2v) is 5.64. The maximum Gasteiger partial charge on any atom is 0.326 e. The van der Waals surface area contributed by atoms with Crippen molar-refractivity contribution in [1.29, 1.82) is 0 Å². The summed E-state index contributed by atoms with van der Waals surface area (Å²) in [7, 11) is 0. The minimum Gasteiger partial charge on any atom is -0.480 e. The Morgan fingerprint density at radius 1 is 1.37 bits per heavy atom. The standard InChI is InChI=1S/C14H26N2O3/c1-4-7-11-8-5-6-9-16(11)14(19)15-12(10(2)3)13(17)18/h10-12H,4-9H2,1-3H3,(H,15,19)(H,17,18)/t11?,12-/m1/s1. The van der Waals surface area contributed by atoms with Gasteiger partial charge in [0.1, 0.15) is 6.04 Å². The van der Waals surface area contributed by atoms with Crippen molar-refractivity contribution >= 4 is 12.0 Å². The SMILES string of the molecule is CCCC1CCCCN1C(=O)N[C@@H](C(=O)O)C(C)C. The third-order valence-corrected chi connectivity index (χ3v) is 3.72. The number of likely N-dealkylation sites (tertiary alicyclic amines) is 1. The average molecular weight is 270 g/mol. The zero-order chi connectivity index (χ0) is 14.4. The number of hydrogen-bond acceptors (Lipinski definition) is 2. The molecule has 1 heterocycles. The quantitative estimate of drug-likeness (QED) is 0.806. The molecule has 0 aliphatic carbocycles. The van der Waals surface area contributed by atoms with Crippen LogP contribution in [0.15, 0.2) is 0 Å². The highest BCUT2D eigenvalue weighted by atomic mass is 16.4. The molecule has 1 saturated heterocycles. The molecule has 0 saturated carbocycles. The summed E-state index contributed by atoms with van der Waals surface area (Å²) in [6.07, 6.45) is 5.22. The van der Waals surface area contributed by atoms with E-state index in [0.717, 1.165) is 38.6 Å². The topological polar surface area (TPSA) is 69.6 Å². The predicted octanol–water partition coefficient (Wildman–Crippen LogP) is 2.46. The van der Waals surface area contributed by atoms with Crippen LogP contribution >= 0.6 is 0 Å². The van der Waals surface area contributed by atoms with Gasteiger partial charge in [-0.2, -0.15) is 0 Å². The summed E-state index contributed by atoms with van der Waals surface area (Å²) in [5.74, 6) is -1.08. The van der Waals surface area contributed by atoms with Gasteiger partial charge in [0.05, 0.1) is 0 Å². The molecule has 2 N–H and O–H groups in total. The normalized spacial score (nSPS) is 21.3. The molecule has 5 nitrogen and oxygen atoms in total. The van der Waals surface area contributed by atoms with E-state index in [9.17, 15) is 9.59 Å². The zero-order valence-corrected chi connectivity index (χ0v) is 12.2. The van der Waals surface area contributed by atoms with Crippen LogP contribution in [-0.4, -0.2) is 40.6 Å². The average Bonchev–Trinajstić information content (AvgIpc) is 2.36. The molecule has 0 radical (unpaired) electrons. The molecule has 110 valence electrons. The maximum atomic E-state index is 12.3. The molecule has 0 bridgehead atoms. The summed E-state index contributed by atoms with van der Waals surface area (Å²) >= 11 is 0. The molecule has 1 rings (SSSR count). The Hall–Kier alpha value is -1.26. The number of rotatable bonds is 5. The number of nitrogens with one attached hydrogen (secondary N) is 1. The first-order valence-corrected chi connectivity index (χ1v) is 7.27. The molecule has 0 aromatic rings. The van der Waals surface area contributed by atoms with Gasteiger partial charge in [-0.05, 0) is 31.6 Å². The summed E-state index contributed by atoms with van der Waals surface area (Å²) in [6.45, 7) is 6.46. The first-order chi connectivity index (χ1) is 8.97. The van der Waals surface area contributed by atoms with E-state index in [0.29, 0.717) is 0 Å². The lowest BCUT2D eigenvalue weighted by Crippen LogP contribution is -2.54. The van der Waals surface area contributed by atoms with Gasteiger partial charge in [-0.3, -0.25) is 0 Å². The molecular weight excluding hydrogens is 244 g/mol. The van der Waals surface area contributed by atoms with Crippen molar-refractivity contribution < 1.29 is 14.7 Å². The second-order valence-electron chi connectivity index (χ2n) is 5.64. The summed E-state index contributed by atoms with van der Waals surface area (Å²) in [4.78, 5) is 25.2. The lowest BCUT2D eigenvalue weighted by Gasteiger charge is -2.36. The third-order valence-electron chi connectivity index (χ3n) is 3.72. The fourth-order valence-electron chi connectivity index (χ4n) is 2.63. The molecule has 0 spiro atoms. The van der Waals surface area contributed by atoms with E-state index in [1.165, 1.54) is 0 Å². The Kier molecular flexibility index (Phi) is 6.12. The Bertz CT molecular complexity index is 316. The van der Waals surface area contributed by atoms with Gasteiger partial charge in [-0.15, -0.1) is 0 Å². The van der Waals surface area contributed by atoms with Crippen LogP contribution in [0.25, 0.3) is 0 Å². The van der Waals surface area contributed by atoms with E-state index < -0.39 is 12.0 Å². The number of piperidine rings is 1. The van der Waals surface area contributed by atoms with Gasteiger partial charge in [0.2, 0.25) is 0 Å².